The number of rotatable bonds is 11. The molecule has 4 heterocycles. The first-order valence-corrected chi connectivity index (χ1v) is 20.8. The number of benzene rings is 3. The second-order valence-electron chi connectivity index (χ2n) is 14.2. The SMILES string of the molecule is COc1cccn(-c2cccc(CN3C(=O)[C@@]4(O[C@@H](CCn5cc(C(CO)c6ccccc6)nn5)[C@H]([Si](C)(C)O)[C@H]4C)c4cc(Cl)ccc43)c2)c1=O. The van der Waals surface area contributed by atoms with Gasteiger partial charge in [-0.05, 0) is 73.1 Å². The van der Waals surface area contributed by atoms with Crippen molar-refractivity contribution in [3.05, 3.63) is 135 Å². The molecule has 1 saturated heterocycles. The first-order chi connectivity index (χ1) is 25.0. The maximum absolute atomic E-state index is 14.9. The predicted octanol–water partition coefficient (Wildman–Crippen LogP) is 5.65. The number of aliphatic hydroxyl groups excluding tert-OH is 1. The van der Waals surface area contributed by atoms with Crippen LogP contribution in [0.2, 0.25) is 23.7 Å². The van der Waals surface area contributed by atoms with Crippen LogP contribution in [-0.4, -0.2) is 63.5 Å². The number of pyridine rings is 1. The number of aromatic nitrogens is 4. The van der Waals surface area contributed by atoms with Crippen LogP contribution < -0.4 is 15.2 Å². The molecule has 13 heteroatoms. The van der Waals surface area contributed by atoms with E-state index in [4.69, 9.17) is 21.1 Å². The molecule has 7 rings (SSSR count). The molecule has 5 aromatic rings. The molecule has 270 valence electrons. The lowest BCUT2D eigenvalue weighted by molar-refractivity contribution is -0.146. The highest BCUT2D eigenvalue weighted by molar-refractivity contribution is 6.71. The smallest absolute Gasteiger partial charge is 0.297 e. The number of nitrogens with zero attached hydrogens (tertiary/aromatic N) is 5. The van der Waals surface area contributed by atoms with Gasteiger partial charge in [-0.25, -0.2) is 0 Å². The number of aryl methyl sites for hydroxylation is 1. The van der Waals surface area contributed by atoms with Crippen LogP contribution in [0.15, 0.2) is 102 Å². The first kappa shape index (κ1) is 35.8. The predicted molar refractivity (Wildman–Crippen MR) is 200 cm³/mol. The molecule has 5 atom stereocenters. The molecule has 1 spiro atoms. The van der Waals surface area contributed by atoms with Gasteiger partial charge in [-0.3, -0.25) is 18.8 Å². The summed E-state index contributed by atoms with van der Waals surface area (Å²) in [6, 6.07) is 26.0. The number of ether oxygens (including phenoxy) is 2. The number of methoxy groups -OCH3 is 1. The normalized spacial score (nSPS) is 21.9. The van der Waals surface area contributed by atoms with Crippen LogP contribution >= 0.6 is 11.6 Å². The number of aliphatic hydroxyl groups is 1. The van der Waals surface area contributed by atoms with Crippen LogP contribution in [0.3, 0.4) is 0 Å². The van der Waals surface area contributed by atoms with E-state index in [1.54, 1.807) is 34.0 Å². The quantitative estimate of drug-likeness (QED) is 0.166. The lowest BCUT2D eigenvalue weighted by Gasteiger charge is -2.32. The van der Waals surface area contributed by atoms with Crippen molar-refractivity contribution < 1.29 is 24.2 Å². The van der Waals surface area contributed by atoms with Gasteiger partial charge in [0.05, 0.1) is 43.7 Å². The van der Waals surface area contributed by atoms with Crippen LogP contribution in [-0.2, 0) is 28.2 Å². The summed E-state index contributed by atoms with van der Waals surface area (Å²) in [5.41, 5.74) is 2.49. The number of carbonyl (C=O) groups is 1. The lowest BCUT2D eigenvalue weighted by Crippen LogP contribution is -2.46. The summed E-state index contributed by atoms with van der Waals surface area (Å²) in [5, 5.41) is 19.4. The van der Waals surface area contributed by atoms with E-state index in [0.29, 0.717) is 40.6 Å². The Morgan fingerprint density at radius 2 is 1.83 bits per heavy atom. The molecular weight excluding hydrogens is 698 g/mol. The minimum atomic E-state index is -2.91. The van der Waals surface area contributed by atoms with Crippen molar-refractivity contribution in [3.8, 4) is 11.4 Å². The van der Waals surface area contributed by atoms with Crippen LogP contribution in [0.4, 0.5) is 5.69 Å². The Morgan fingerprint density at radius 1 is 1.04 bits per heavy atom. The zero-order valence-electron chi connectivity index (χ0n) is 29.5. The van der Waals surface area contributed by atoms with Gasteiger partial charge >= 0.3 is 0 Å². The van der Waals surface area contributed by atoms with Crippen LogP contribution in [0.5, 0.6) is 5.75 Å². The number of amides is 1. The van der Waals surface area contributed by atoms with Crippen molar-refractivity contribution in [1.82, 2.24) is 19.6 Å². The Labute approximate surface area is 308 Å². The number of hydrogen-bond acceptors (Lipinski definition) is 8. The Hall–Kier alpha value is -4.59. The van der Waals surface area contributed by atoms with E-state index < -0.39 is 20.0 Å². The average molecular weight is 740 g/mol. The van der Waals surface area contributed by atoms with E-state index in [1.807, 2.05) is 92.9 Å². The fraction of sp³-hybridized carbons (Fsp3) is 0.333. The monoisotopic (exact) mass is 739 g/mol. The summed E-state index contributed by atoms with van der Waals surface area (Å²) < 4.78 is 15.5. The zero-order chi connectivity index (χ0) is 36.8. The molecule has 1 fully saturated rings. The summed E-state index contributed by atoms with van der Waals surface area (Å²) in [5.74, 6) is -0.668. The molecule has 0 bridgehead atoms. The Kier molecular flexibility index (Phi) is 9.70. The molecule has 0 aliphatic carbocycles. The lowest BCUT2D eigenvalue weighted by atomic mass is 9.82. The molecule has 2 N–H and O–H groups in total. The molecular formula is C39H42ClN5O6Si. The van der Waals surface area contributed by atoms with E-state index >= 15 is 0 Å². The van der Waals surface area contributed by atoms with Gasteiger partial charge in [0.15, 0.2) is 19.7 Å². The van der Waals surface area contributed by atoms with Crippen molar-refractivity contribution >= 4 is 31.5 Å². The number of anilines is 1. The van der Waals surface area contributed by atoms with Gasteiger partial charge in [-0.2, -0.15) is 0 Å². The Balaban J connectivity index is 1.19. The number of fused-ring (bicyclic) bond motifs is 2. The molecule has 1 amide bonds. The molecule has 52 heavy (non-hydrogen) atoms. The summed E-state index contributed by atoms with van der Waals surface area (Å²) >= 11 is 6.60. The maximum Gasteiger partial charge on any atom is 0.297 e. The molecule has 2 aromatic heterocycles. The standard InChI is InChI=1S/C39H42ClN5O6Si/c1-25-36(52(3,4)49)34(17-19-43-23-32(41-42-43)30(24-46)27-11-6-5-7-12-27)51-39(25)31-21-28(40)15-16-33(31)45(38(39)48)22-26-10-8-13-29(20-26)44-18-9-14-35(50-2)37(44)47/h5-16,18,20-21,23,25,30,34,36,46,49H,17,19,22,24H2,1-4H3/t25-,30?,34+,36-,39+/m1/s1. The molecule has 1 unspecified atom stereocenters. The largest absolute Gasteiger partial charge is 0.491 e. The summed E-state index contributed by atoms with van der Waals surface area (Å²) in [4.78, 5) is 41.4. The van der Waals surface area contributed by atoms with Gasteiger partial charge in [-0.1, -0.05) is 66.2 Å². The van der Waals surface area contributed by atoms with E-state index in [-0.39, 0.29) is 47.7 Å². The van der Waals surface area contributed by atoms with Crippen LogP contribution in [0, 0.1) is 5.92 Å². The molecule has 3 aromatic carbocycles. The Bertz CT molecular complexity index is 2150. The zero-order valence-corrected chi connectivity index (χ0v) is 31.3. The van der Waals surface area contributed by atoms with Crippen LogP contribution in [0.1, 0.15) is 41.6 Å². The van der Waals surface area contributed by atoms with Gasteiger partial charge in [0, 0.05) is 46.7 Å². The van der Waals surface area contributed by atoms with Gasteiger partial charge < -0.3 is 24.3 Å². The molecule has 0 saturated carbocycles. The third-order valence-electron chi connectivity index (χ3n) is 10.5. The fourth-order valence-electron chi connectivity index (χ4n) is 8.19. The molecule has 11 nitrogen and oxygen atoms in total. The molecule has 2 aliphatic heterocycles. The maximum atomic E-state index is 14.9. The van der Waals surface area contributed by atoms with Crippen molar-refractivity contribution in [3.63, 3.8) is 0 Å². The highest BCUT2D eigenvalue weighted by Crippen LogP contribution is 2.60. The van der Waals surface area contributed by atoms with Crippen molar-refractivity contribution in [2.24, 2.45) is 5.92 Å². The minimum Gasteiger partial charge on any atom is -0.491 e. The van der Waals surface area contributed by atoms with E-state index in [2.05, 4.69) is 10.3 Å². The van der Waals surface area contributed by atoms with Crippen LogP contribution in [0.25, 0.3) is 5.69 Å². The Morgan fingerprint density at radius 3 is 2.56 bits per heavy atom. The number of hydrogen-bond donors (Lipinski definition) is 2. The summed E-state index contributed by atoms with van der Waals surface area (Å²) in [7, 11) is -1.45. The van der Waals surface area contributed by atoms with Crippen molar-refractivity contribution in [2.45, 2.75) is 62.7 Å². The van der Waals surface area contributed by atoms with E-state index in [0.717, 1.165) is 11.1 Å². The highest BCUT2D eigenvalue weighted by atomic mass is 35.5. The number of halogens is 1. The molecule has 0 radical (unpaired) electrons. The minimum absolute atomic E-state index is 0.106. The third kappa shape index (κ3) is 6.28. The van der Waals surface area contributed by atoms with Gasteiger partial charge in [-0.15, -0.1) is 5.10 Å². The van der Waals surface area contributed by atoms with Gasteiger partial charge in [0.25, 0.3) is 11.5 Å². The second kappa shape index (κ2) is 14.1. The fourth-order valence-corrected chi connectivity index (χ4v) is 11.0. The number of carbonyl (C=O) groups excluding carboxylic acids is 1. The van der Waals surface area contributed by atoms with E-state index in [9.17, 15) is 19.5 Å². The van der Waals surface area contributed by atoms with E-state index in [1.165, 1.54) is 11.7 Å². The second-order valence-corrected chi connectivity index (χ2v) is 18.6. The first-order valence-electron chi connectivity index (χ1n) is 17.4. The summed E-state index contributed by atoms with van der Waals surface area (Å²) in [6.45, 7) is 6.34. The van der Waals surface area contributed by atoms with Gasteiger partial charge in [0.2, 0.25) is 0 Å². The topological polar surface area (TPSA) is 132 Å². The average Bonchev–Trinajstić information content (AvgIpc) is 3.78. The summed E-state index contributed by atoms with van der Waals surface area (Å²) in [6.07, 6.45) is 3.53. The third-order valence-corrected chi connectivity index (χ3v) is 13.3. The molecule has 2 aliphatic rings. The van der Waals surface area contributed by atoms with Crippen molar-refractivity contribution in [1.29, 1.82) is 0 Å². The highest BCUT2D eigenvalue weighted by Gasteiger charge is 2.66. The van der Waals surface area contributed by atoms with Gasteiger partial charge in [0.1, 0.15) is 0 Å². The van der Waals surface area contributed by atoms with Crippen molar-refractivity contribution in [2.75, 3.05) is 18.6 Å².